The van der Waals surface area contributed by atoms with E-state index in [-0.39, 0.29) is 35.0 Å². The van der Waals surface area contributed by atoms with Crippen LogP contribution in [0.2, 0.25) is 5.02 Å². The third-order valence-electron chi connectivity index (χ3n) is 4.70. The molecule has 164 valence electrons. The van der Waals surface area contributed by atoms with Crippen LogP contribution in [-0.2, 0) is 21.2 Å². The molecule has 0 saturated carbocycles. The summed E-state index contributed by atoms with van der Waals surface area (Å²) in [6.07, 6.45) is 2.25. The second-order valence-electron chi connectivity index (χ2n) is 7.13. The molecule has 0 aliphatic carbocycles. The van der Waals surface area contributed by atoms with Gasteiger partial charge in [0, 0.05) is 12.6 Å². The summed E-state index contributed by atoms with van der Waals surface area (Å²) >= 11 is 6.14. The Balaban J connectivity index is 2.26. The Hall–Kier alpha value is -2.09. The van der Waals surface area contributed by atoms with Crippen molar-refractivity contribution in [3.63, 3.8) is 0 Å². The van der Waals surface area contributed by atoms with Gasteiger partial charge in [-0.15, -0.1) is 0 Å². The van der Waals surface area contributed by atoms with E-state index in [9.17, 15) is 13.2 Å². The zero-order valence-corrected chi connectivity index (χ0v) is 19.2. The predicted octanol–water partition coefficient (Wildman–Crippen LogP) is 3.89. The normalized spacial score (nSPS) is 12.6. The van der Waals surface area contributed by atoms with Crippen LogP contribution in [-0.4, -0.2) is 44.9 Å². The van der Waals surface area contributed by atoms with E-state index in [1.807, 2.05) is 44.2 Å². The largest absolute Gasteiger partial charge is 0.495 e. The number of sulfonamides is 1. The maximum absolute atomic E-state index is 13.3. The van der Waals surface area contributed by atoms with Gasteiger partial charge in [-0.25, -0.2) is 8.42 Å². The van der Waals surface area contributed by atoms with E-state index in [1.54, 1.807) is 0 Å². The van der Waals surface area contributed by atoms with E-state index in [4.69, 9.17) is 16.3 Å². The van der Waals surface area contributed by atoms with E-state index in [0.717, 1.165) is 18.4 Å². The Kier molecular flexibility index (Phi) is 9.14. The van der Waals surface area contributed by atoms with E-state index in [1.165, 1.54) is 29.6 Å². The number of carbonyl (C=O) groups excluding carboxylic acids is 1. The standard InChI is InChI=1S/C22H29ClN2O4S/c1-4-8-17(2)24-22(26)16-25(14-13-18-9-6-5-7-10-18)30(27,28)19-11-12-21(29-3)20(23)15-19/h5-7,9-12,15,17H,4,8,13-14,16H2,1-3H3,(H,24,26)/t17-/m0/s1. The minimum absolute atomic E-state index is 0.0170. The van der Waals surface area contributed by atoms with Crippen molar-refractivity contribution >= 4 is 27.5 Å². The topological polar surface area (TPSA) is 75.7 Å². The first-order chi connectivity index (χ1) is 14.3. The van der Waals surface area contributed by atoms with E-state index in [0.29, 0.717) is 12.2 Å². The summed E-state index contributed by atoms with van der Waals surface area (Å²) in [4.78, 5) is 12.6. The third-order valence-corrected chi connectivity index (χ3v) is 6.84. The number of nitrogens with zero attached hydrogens (tertiary/aromatic N) is 1. The van der Waals surface area contributed by atoms with Crippen molar-refractivity contribution in [3.8, 4) is 5.75 Å². The summed E-state index contributed by atoms with van der Waals surface area (Å²) < 4.78 is 32.9. The average Bonchev–Trinajstić information content (AvgIpc) is 2.71. The number of amides is 1. The van der Waals surface area contributed by atoms with Crippen molar-refractivity contribution in [1.82, 2.24) is 9.62 Å². The first-order valence-corrected chi connectivity index (χ1v) is 11.8. The van der Waals surface area contributed by atoms with Crippen LogP contribution in [0.1, 0.15) is 32.3 Å². The summed E-state index contributed by atoms with van der Waals surface area (Å²) in [6, 6.07) is 13.8. The second-order valence-corrected chi connectivity index (χ2v) is 9.47. The first-order valence-electron chi connectivity index (χ1n) is 9.95. The van der Waals surface area contributed by atoms with Crippen LogP contribution >= 0.6 is 11.6 Å². The fraction of sp³-hybridized carbons (Fsp3) is 0.409. The molecule has 1 amide bonds. The Morgan fingerprint density at radius 2 is 1.90 bits per heavy atom. The molecule has 30 heavy (non-hydrogen) atoms. The third kappa shape index (κ3) is 6.72. The maximum Gasteiger partial charge on any atom is 0.243 e. The monoisotopic (exact) mass is 452 g/mol. The summed E-state index contributed by atoms with van der Waals surface area (Å²) in [5.41, 5.74) is 0.991. The van der Waals surface area contributed by atoms with Crippen LogP contribution in [0.15, 0.2) is 53.4 Å². The lowest BCUT2D eigenvalue weighted by atomic mass is 10.1. The van der Waals surface area contributed by atoms with Crippen LogP contribution in [0.25, 0.3) is 0 Å². The van der Waals surface area contributed by atoms with Crippen LogP contribution in [0, 0.1) is 0 Å². The fourth-order valence-electron chi connectivity index (χ4n) is 3.13. The molecule has 0 aromatic heterocycles. The molecule has 0 bridgehead atoms. The number of hydrogen-bond acceptors (Lipinski definition) is 4. The zero-order chi connectivity index (χ0) is 22.1. The quantitative estimate of drug-likeness (QED) is 0.561. The van der Waals surface area contributed by atoms with Gasteiger partial charge in [-0.2, -0.15) is 4.31 Å². The highest BCUT2D eigenvalue weighted by molar-refractivity contribution is 7.89. The van der Waals surface area contributed by atoms with Crippen molar-refractivity contribution in [2.45, 2.75) is 44.0 Å². The molecule has 0 aliphatic heterocycles. The van der Waals surface area contributed by atoms with Gasteiger partial charge in [0.2, 0.25) is 15.9 Å². The number of halogens is 1. The number of ether oxygens (including phenoxy) is 1. The minimum Gasteiger partial charge on any atom is -0.495 e. The van der Waals surface area contributed by atoms with Gasteiger partial charge in [0.25, 0.3) is 0 Å². The van der Waals surface area contributed by atoms with Gasteiger partial charge >= 0.3 is 0 Å². The van der Waals surface area contributed by atoms with Crippen LogP contribution in [0.3, 0.4) is 0 Å². The van der Waals surface area contributed by atoms with E-state index >= 15 is 0 Å². The van der Waals surface area contributed by atoms with Gasteiger partial charge in [0.05, 0.1) is 23.6 Å². The molecule has 0 spiro atoms. The Bertz CT molecular complexity index is 935. The number of rotatable bonds is 11. The molecule has 0 aliphatic rings. The van der Waals surface area contributed by atoms with Gasteiger partial charge in [-0.1, -0.05) is 55.3 Å². The van der Waals surface area contributed by atoms with Gasteiger partial charge in [-0.3, -0.25) is 4.79 Å². The van der Waals surface area contributed by atoms with Crippen molar-refractivity contribution < 1.29 is 17.9 Å². The molecule has 0 saturated heterocycles. The number of methoxy groups -OCH3 is 1. The number of benzene rings is 2. The second kappa shape index (κ2) is 11.3. The highest BCUT2D eigenvalue weighted by Crippen LogP contribution is 2.28. The summed E-state index contributed by atoms with van der Waals surface area (Å²) in [7, 11) is -2.47. The van der Waals surface area contributed by atoms with Gasteiger partial charge in [-0.05, 0) is 43.5 Å². The van der Waals surface area contributed by atoms with E-state index < -0.39 is 10.0 Å². The lowest BCUT2D eigenvalue weighted by molar-refractivity contribution is -0.121. The zero-order valence-electron chi connectivity index (χ0n) is 17.6. The summed E-state index contributed by atoms with van der Waals surface area (Å²) in [5, 5.41) is 3.07. The Labute approximate surface area is 184 Å². The van der Waals surface area contributed by atoms with Gasteiger partial charge in [0.1, 0.15) is 5.75 Å². The van der Waals surface area contributed by atoms with Gasteiger partial charge < -0.3 is 10.1 Å². The molecular weight excluding hydrogens is 424 g/mol. The van der Waals surface area contributed by atoms with Gasteiger partial charge in [0.15, 0.2) is 0 Å². The van der Waals surface area contributed by atoms with Crippen LogP contribution in [0.5, 0.6) is 5.75 Å². The van der Waals surface area contributed by atoms with Crippen molar-refractivity contribution in [1.29, 1.82) is 0 Å². The molecule has 2 aromatic rings. The summed E-state index contributed by atoms with van der Waals surface area (Å²) in [5.74, 6) is 0.0600. The SMILES string of the molecule is CCC[C@H](C)NC(=O)CN(CCc1ccccc1)S(=O)(=O)c1ccc(OC)c(Cl)c1. The molecule has 0 heterocycles. The Morgan fingerprint density at radius 3 is 2.50 bits per heavy atom. The molecule has 2 rings (SSSR count). The molecule has 0 fully saturated rings. The fourth-order valence-corrected chi connectivity index (χ4v) is 4.87. The predicted molar refractivity (Wildman–Crippen MR) is 119 cm³/mol. The molecule has 2 aromatic carbocycles. The van der Waals surface area contributed by atoms with E-state index in [2.05, 4.69) is 5.32 Å². The van der Waals surface area contributed by atoms with Crippen LogP contribution < -0.4 is 10.1 Å². The highest BCUT2D eigenvalue weighted by Gasteiger charge is 2.27. The molecule has 0 radical (unpaired) electrons. The highest BCUT2D eigenvalue weighted by atomic mass is 35.5. The molecule has 1 N–H and O–H groups in total. The molecule has 6 nitrogen and oxygen atoms in total. The number of hydrogen-bond donors (Lipinski definition) is 1. The van der Waals surface area contributed by atoms with Crippen molar-refractivity contribution in [2.75, 3.05) is 20.2 Å². The lowest BCUT2D eigenvalue weighted by Gasteiger charge is -2.23. The molecule has 1 atom stereocenters. The maximum atomic E-state index is 13.3. The minimum atomic E-state index is -3.93. The first kappa shape index (κ1) is 24.2. The molecule has 0 unspecified atom stereocenters. The van der Waals surface area contributed by atoms with Crippen LogP contribution in [0.4, 0.5) is 0 Å². The molecular formula is C22H29ClN2O4S. The van der Waals surface area contributed by atoms with Crippen molar-refractivity contribution in [2.24, 2.45) is 0 Å². The smallest absolute Gasteiger partial charge is 0.243 e. The number of carbonyl (C=O) groups is 1. The summed E-state index contributed by atoms with van der Waals surface area (Å²) in [6.45, 7) is 3.86. The average molecular weight is 453 g/mol. The lowest BCUT2D eigenvalue weighted by Crippen LogP contribution is -2.44. The number of nitrogens with one attached hydrogen (secondary N) is 1. The molecule has 8 heteroatoms. The van der Waals surface area contributed by atoms with Crippen molar-refractivity contribution in [3.05, 3.63) is 59.1 Å². The Morgan fingerprint density at radius 1 is 1.20 bits per heavy atom.